The molecule has 0 saturated carbocycles. The molecule has 1 heterocycles. The molecule has 0 aromatic heterocycles. The Morgan fingerprint density at radius 2 is 1.86 bits per heavy atom. The smallest absolute Gasteiger partial charge is 0.211 e. The molecule has 0 N–H and O–H groups in total. The minimum absolute atomic E-state index is 0.587. The van der Waals surface area contributed by atoms with E-state index in [1.807, 2.05) is 0 Å². The zero-order valence-corrected chi connectivity index (χ0v) is 9.26. The van der Waals surface area contributed by atoms with E-state index < -0.39 is 10.0 Å². The second-order valence-electron chi connectivity index (χ2n) is 3.46. The number of terminal acetylenes is 1. The first-order chi connectivity index (χ1) is 6.54. The third-order valence-electron chi connectivity index (χ3n) is 2.37. The molecule has 4 nitrogen and oxygen atoms in total. The Hall–Kier alpha value is -0.570. The highest BCUT2D eigenvalue weighted by Gasteiger charge is 2.22. The van der Waals surface area contributed by atoms with Gasteiger partial charge >= 0.3 is 0 Å². The Morgan fingerprint density at radius 3 is 2.29 bits per heavy atom. The van der Waals surface area contributed by atoms with Gasteiger partial charge < -0.3 is 0 Å². The molecule has 5 heteroatoms. The summed E-state index contributed by atoms with van der Waals surface area (Å²) < 4.78 is 23.9. The molecule has 80 valence electrons. The van der Waals surface area contributed by atoms with Gasteiger partial charge in [0, 0.05) is 39.1 Å². The average molecular weight is 216 g/mol. The molecule has 0 bridgehead atoms. The van der Waals surface area contributed by atoms with Crippen LogP contribution in [0.3, 0.4) is 0 Å². The number of sulfonamides is 1. The highest BCUT2D eigenvalue weighted by atomic mass is 32.2. The van der Waals surface area contributed by atoms with Crippen LogP contribution in [0.2, 0.25) is 0 Å². The second-order valence-corrected chi connectivity index (χ2v) is 5.44. The van der Waals surface area contributed by atoms with E-state index >= 15 is 0 Å². The van der Waals surface area contributed by atoms with Crippen LogP contribution < -0.4 is 0 Å². The van der Waals surface area contributed by atoms with Crippen molar-refractivity contribution in [2.75, 3.05) is 39.0 Å². The molecule has 0 unspecified atom stereocenters. The molecule has 0 amide bonds. The molecular weight excluding hydrogens is 200 g/mol. The van der Waals surface area contributed by atoms with Crippen molar-refractivity contribution < 1.29 is 8.42 Å². The van der Waals surface area contributed by atoms with Gasteiger partial charge in [0.15, 0.2) is 0 Å². The van der Waals surface area contributed by atoms with Gasteiger partial charge in [0.05, 0.1) is 6.26 Å². The molecule has 1 aliphatic heterocycles. The number of nitrogens with zero attached hydrogens (tertiary/aromatic N) is 2. The van der Waals surface area contributed by atoms with Crippen molar-refractivity contribution in [3.8, 4) is 12.3 Å². The fourth-order valence-corrected chi connectivity index (χ4v) is 2.33. The molecule has 0 radical (unpaired) electrons. The van der Waals surface area contributed by atoms with Crippen molar-refractivity contribution >= 4 is 10.0 Å². The van der Waals surface area contributed by atoms with E-state index in [1.165, 1.54) is 10.6 Å². The van der Waals surface area contributed by atoms with Gasteiger partial charge in [0.25, 0.3) is 0 Å². The second kappa shape index (κ2) is 4.78. The number of hydrogen-bond acceptors (Lipinski definition) is 3. The minimum Gasteiger partial charge on any atom is -0.300 e. The van der Waals surface area contributed by atoms with E-state index in [0.29, 0.717) is 13.1 Å². The molecule has 14 heavy (non-hydrogen) atoms. The highest BCUT2D eigenvalue weighted by Crippen LogP contribution is 2.05. The molecule has 1 aliphatic rings. The maximum Gasteiger partial charge on any atom is 0.211 e. The molecule has 0 spiro atoms. The van der Waals surface area contributed by atoms with E-state index in [4.69, 9.17) is 6.42 Å². The number of hydrogen-bond donors (Lipinski definition) is 0. The molecular formula is C9H16N2O2S. The molecule has 0 aromatic carbocycles. The van der Waals surface area contributed by atoms with E-state index in [2.05, 4.69) is 10.8 Å². The van der Waals surface area contributed by atoms with Crippen LogP contribution in [0.4, 0.5) is 0 Å². The predicted octanol–water partition coefficient (Wildman–Crippen LogP) is -0.413. The Kier molecular flexibility index (Phi) is 3.93. The summed E-state index contributed by atoms with van der Waals surface area (Å²) in [6.45, 7) is 3.62. The van der Waals surface area contributed by atoms with Gasteiger partial charge in [-0.25, -0.2) is 8.42 Å². The van der Waals surface area contributed by atoms with Gasteiger partial charge in [-0.2, -0.15) is 4.31 Å². The van der Waals surface area contributed by atoms with E-state index in [1.54, 1.807) is 0 Å². The third kappa shape index (κ3) is 3.29. The van der Waals surface area contributed by atoms with Crippen LogP contribution in [0.15, 0.2) is 0 Å². The van der Waals surface area contributed by atoms with E-state index in [9.17, 15) is 8.42 Å². The fourth-order valence-electron chi connectivity index (χ4n) is 1.51. The summed E-state index contributed by atoms with van der Waals surface area (Å²) in [6, 6.07) is 0. The van der Waals surface area contributed by atoms with Crippen molar-refractivity contribution in [2.45, 2.75) is 6.42 Å². The first kappa shape index (κ1) is 11.5. The van der Waals surface area contributed by atoms with Crippen LogP contribution in [0, 0.1) is 12.3 Å². The zero-order valence-electron chi connectivity index (χ0n) is 8.44. The molecule has 1 saturated heterocycles. The normalized spacial score (nSPS) is 20.6. The summed E-state index contributed by atoms with van der Waals surface area (Å²) >= 11 is 0. The SMILES string of the molecule is C#CCCN1CCN(S(C)(=O)=O)CC1. The number of rotatable bonds is 3. The van der Waals surface area contributed by atoms with E-state index in [0.717, 1.165) is 26.1 Å². The minimum atomic E-state index is -3.00. The Balaban J connectivity index is 2.36. The van der Waals surface area contributed by atoms with Crippen LogP contribution >= 0.6 is 0 Å². The van der Waals surface area contributed by atoms with Crippen LogP contribution in [0.1, 0.15) is 6.42 Å². The van der Waals surface area contributed by atoms with Gasteiger partial charge in [-0.15, -0.1) is 12.3 Å². The van der Waals surface area contributed by atoms with Crippen molar-refractivity contribution in [2.24, 2.45) is 0 Å². The van der Waals surface area contributed by atoms with Crippen LogP contribution in [0.5, 0.6) is 0 Å². The lowest BCUT2D eigenvalue weighted by atomic mass is 10.3. The maximum atomic E-state index is 11.2. The van der Waals surface area contributed by atoms with Gasteiger partial charge in [0.1, 0.15) is 0 Å². The Bertz CT molecular complexity index is 310. The monoisotopic (exact) mass is 216 g/mol. The van der Waals surface area contributed by atoms with Gasteiger partial charge in [-0.3, -0.25) is 4.90 Å². The van der Waals surface area contributed by atoms with Crippen molar-refractivity contribution in [3.63, 3.8) is 0 Å². The van der Waals surface area contributed by atoms with Gasteiger partial charge in [-0.1, -0.05) is 0 Å². The summed E-state index contributed by atoms with van der Waals surface area (Å²) in [5.74, 6) is 2.58. The van der Waals surface area contributed by atoms with Crippen LogP contribution in [0.25, 0.3) is 0 Å². The maximum absolute atomic E-state index is 11.2. The van der Waals surface area contributed by atoms with Crippen molar-refractivity contribution in [1.82, 2.24) is 9.21 Å². The summed E-state index contributed by atoms with van der Waals surface area (Å²) in [6.07, 6.45) is 7.15. The number of piperazine rings is 1. The summed E-state index contributed by atoms with van der Waals surface area (Å²) in [5.41, 5.74) is 0. The van der Waals surface area contributed by atoms with Crippen molar-refractivity contribution in [1.29, 1.82) is 0 Å². The first-order valence-corrected chi connectivity index (χ1v) is 6.50. The Labute approximate surface area is 85.9 Å². The highest BCUT2D eigenvalue weighted by molar-refractivity contribution is 7.88. The van der Waals surface area contributed by atoms with Crippen LogP contribution in [-0.2, 0) is 10.0 Å². The zero-order chi connectivity index (χ0) is 10.6. The lowest BCUT2D eigenvalue weighted by Crippen LogP contribution is -2.48. The average Bonchev–Trinajstić information content (AvgIpc) is 2.14. The molecule has 0 aliphatic carbocycles. The summed E-state index contributed by atoms with van der Waals surface area (Å²) in [5, 5.41) is 0. The Morgan fingerprint density at radius 1 is 1.29 bits per heavy atom. The predicted molar refractivity (Wildman–Crippen MR) is 56.3 cm³/mol. The van der Waals surface area contributed by atoms with Gasteiger partial charge in [-0.05, 0) is 0 Å². The quantitative estimate of drug-likeness (QED) is 0.602. The molecule has 1 rings (SSSR count). The summed E-state index contributed by atoms with van der Waals surface area (Å²) in [7, 11) is -3.00. The first-order valence-electron chi connectivity index (χ1n) is 4.65. The summed E-state index contributed by atoms with van der Waals surface area (Å²) in [4.78, 5) is 2.20. The van der Waals surface area contributed by atoms with E-state index in [-0.39, 0.29) is 0 Å². The van der Waals surface area contributed by atoms with Crippen LogP contribution in [-0.4, -0.2) is 56.6 Å². The standard InChI is InChI=1S/C9H16N2O2S/c1-3-4-5-10-6-8-11(9-7-10)14(2,12)13/h1H,4-9H2,2H3. The molecule has 0 atom stereocenters. The lowest BCUT2D eigenvalue weighted by molar-refractivity contribution is 0.192. The van der Waals surface area contributed by atoms with Crippen molar-refractivity contribution in [3.05, 3.63) is 0 Å². The lowest BCUT2D eigenvalue weighted by Gasteiger charge is -2.32. The third-order valence-corrected chi connectivity index (χ3v) is 3.68. The fraction of sp³-hybridized carbons (Fsp3) is 0.778. The molecule has 0 aromatic rings. The topological polar surface area (TPSA) is 40.6 Å². The molecule has 1 fully saturated rings. The largest absolute Gasteiger partial charge is 0.300 e. The van der Waals surface area contributed by atoms with Gasteiger partial charge in [0.2, 0.25) is 10.0 Å².